The molecule has 0 aromatic heterocycles. The topological polar surface area (TPSA) is 52.7 Å². The number of hydrogen-bond acceptors (Lipinski definition) is 3. The number of nitrogens with one attached hydrogen (secondary N) is 1. The fourth-order valence-corrected chi connectivity index (χ4v) is 5.18. The molecule has 32 heavy (non-hydrogen) atoms. The molecule has 2 heterocycles. The van der Waals surface area contributed by atoms with E-state index in [0.717, 1.165) is 31.7 Å². The van der Waals surface area contributed by atoms with Crippen molar-refractivity contribution in [3.8, 4) is 0 Å². The molecule has 2 aromatic rings. The fraction of sp³-hybridized carbons (Fsp3) is 0.462. The Morgan fingerprint density at radius 2 is 1.69 bits per heavy atom. The van der Waals surface area contributed by atoms with Crippen LogP contribution in [0.3, 0.4) is 0 Å². The van der Waals surface area contributed by atoms with Crippen LogP contribution in [0, 0.1) is 23.1 Å². The zero-order valence-corrected chi connectivity index (χ0v) is 18.3. The Bertz CT molecular complexity index is 968. The van der Waals surface area contributed by atoms with Gasteiger partial charge >= 0.3 is 0 Å². The average Bonchev–Trinajstić information content (AvgIpc) is 3.52. The molecule has 3 aliphatic rings. The Labute approximate surface area is 188 Å². The Balaban J connectivity index is 1.24. The maximum atomic E-state index is 13.2. The third kappa shape index (κ3) is 4.56. The van der Waals surface area contributed by atoms with Gasteiger partial charge in [-0.15, -0.1) is 0 Å². The van der Waals surface area contributed by atoms with Crippen molar-refractivity contribution in [3.63, 3.8) is 0 Å². The SMILES string of the molecule is O=C(NCC1CC1)C1CN(Cc2ccccc2)CC12CN(C(=O)Cc1ccc(F)cc1)C2. The van der Waals surface area contributed by atoms with Crippen molar-refractivity contribution >= 4 is 11.8 Å². The molecule has 0 radical (unpaired) electrons. The van der Waals surface area contributed by atoms with E-state index in [4.69, 9.17) is 0 Å². The molecular formula is C26H30FN3O2. The summed E-state index contributed by atoms with van der Waals surface area (Å²) in [4.78, 5) is 30.1. The summed E-state index contributed by atoms with van der Waals surface area (Å²) in [5.74, 6) is 0.430. The van der Waals surface area contributed by atoms with Crippen LogP contribution in [0.2, 0.25) is 0 Å². The normalized spacial score (nSPS) is 22.0. The van der Waals surface area contributed by atoms with Crippen molar-refractivity contribution in [2.24, 2.45) is 17.3 Å². The van der Waals surface area contributed by atoms with Crippen molar-refractivity contribution in [1.82, 2.24) is 15.1 Å². The van der Waals surface area contributed by atoms with E-state index in [9.17, 15) is 14.0 Å². The van der Waals surface area contributed by atoms with E-state index in [2.05, 4.69) is 22.3 Å². The van der Waals surface area contributed by atoms with E-state index in [0.29, 0.717) is 19.0 Å². The third-order valence-corrected chi connectivity index (χ3v) is 7.18. The number of benzene rings is 2. The summed E-state index contributed by atoms with van der Waals surface area (Å²) < 4.78 is 13.2. The van der Waals surface area contributed by atoms with Crippen LogP contribution in [-0.2, 0) is 22.6 Å². The Morgan fingerprint density at radius 3 is 2.38 bits per heavy atom. The fourth-order valence-electron chi connectivity index (χ4n) is 5.18. The monoisotopic (exact) mass is 435 g/mol. The first-order chi connectivity index (χ1) is 15.5. The molecule has 2 aromatic carbocycles. The smallest absolute Gasteiger partial charge is 0.227 e. The van der Waals surface area contributed by atoms with E-state index in [1.54, 1.807) is 12.1 Å². The number of amides is 2. The van der Waals surface area contributed by atoms with E-state index in [1.807, 2.05) is 23.1 Å². The van der Waals surface area contributed by atoms with E-state index in [1.165, 1.54) is 30.5 Å². The highest BCUT2D eigenvalue weighted by Crippen LogP contribution is 2.45. The summed E-state index contributed by atoms with van der Waals surface area (Å²) in [5, 5.41) is 3.18. The minimum Gasteiger partial charge on any atom is -0.356 e. The lowest BCUT2D eigenvalue weighted by Crippen LogP contribution is -2.64. The van der Waals surface area contributed by atoms with Gasteiger partial charge in [0.15, 0.2) is 0 Å². The number of rotatable bonds is 7. The van der Waals surface area contributed by atoms with Gasteiger partial charge in [-0.1, -0.05) is 42.5 Å². The second-order valence-electron chi connectivity index (χ2n) is 9.81. The van der Waals surface area contributed by atoms with Gasteiger partial charge in [0.25, 0.3) is 0 Å². The molecule has 2 aliphatic heterocycles. The maximum Gasteiger partial charge on any atom is 0.227 e. The van der Waals surface area contributed by atoms with Crippen LogP contribution in [0.25, 0.3) is 0 Å². The first-order valence-corrected chi connectivity index (χ1v) is 11.6. The van der Waals surface area contributed by atoms with Gasteiger partial charge in [0.1, 0.15) is 5.82 Å². The zero-order chi connectivity index (χ0) is 22.1. The molecular weight excluding hydrogens is 405 g/mol. The molecule has 1 aliphatic carbocycles. The highest BCUT2D eigenvalue weighted by molar-refractivity contribution is 5.83. The lowest BCUT2D eigenvalue weighted by atomic mass is 9.71. The number of carbonyl (C=O) groups excluding carboxylic acids is 2. The minimum absolute atomic E-state index is 0.0425. The standard InChI is InChI=1S/C26H30FN3O2/c27-22-10-8-19(9-11-22)12-24(31)30-17-26(18-30)16-29(14-21-4-2-1-3-5-21)15-23(26)25(32)28-13-20-6-7-20/h1-5,8-11,20,23H,6-7,12-18H2,(H,28,32). The van der Waals surface area contributed by atoms with Crippen LogP contribution < -0.4 is 5.32 Å². The van der Waals surface area contributed by atoms with E-state index in [-0.39, 0.29) is 35.4 Å². The van der Waals surface area contributed by atoms with Crippen molar-refractivity contribution in [2.75, 3.05) is 32.7 Å². The molecule has 1 spiro atoms. The van der Waals surface area contributed by atoms with Gasteiger partial charge < -0.3 is 10.2 Å². The van der Waals surface area contributed by atoms with Crippen molar-refractivity contribution in [3.05, 3.63) is 71.5 Å². The molecule has 3 fully saturated rings. The van der Waals surface area contributed by atoms with Crippen molar-refractivity contribution < 1.29 is 14.0 Å². The second kappa shape index (κ2) is 8.66. The van der Waals surface area contributed by atoms with Crippen molar-refractivity contribution in [1.29, 1.82) is 0 Å². The lowest BCUT2D eigenvalue weighted by Gasteiger charge is -2.50. The number of nitrogens with zero attached hydrogens (tertiary/aromatic N) is 2. The largest absolute Gasteiger partial charge is 0.356 e. The molecule has 0 bridgehead atoms. The minimum atomic E-state index is -0.298. The summed E-state index contributed by atoms with van der Waals surface area (Å²) in [6.45, 7) is 4.37. The van der Waals surface area contributed by atoms with Gasteiger partial charge in [-0.2, -0.15) is 0 Å². The van der Waals surface area contributed by atoms with Crippen LogP contribution in [-0.4, -0.2) is 54.3 Å². The van der Waals surface area contributed by atoms with Gasteiger partial charge in [0, 0.05) is 44.7 Å². The second-order valence-corrected chi connectivity index (χ2v) is 9.81. The number of likely N-dealkylation sites (tertiary alicyclic amines) is 2. The molecule has 6 heteroatoms. The van der Waals surface area contributed by atoms with Gasteiger partial charge in [0.2, 0.25) is 11.8 Å². The molecule has 1 saturated carbocycles. The molecule has 5 nitrogen and oxygen atoms in total. The first-order valence-electron chi connectivity index (χ1n) is 11.6. The van der Waals surface area contributed by atoms with Gasteiger partial charge in [-0.05, 0) is 42.0 Å². The summed E-state index contributed by atoms with van der Waals surface area (Å²) in [6.07, 6.45) is 2.69. The molecule has 168 valence electrons. The molecule has 2 saturated heterocycles. The quantitative estimate of drug-likeness (QED) is 0.728. The first kappa shape index (κ1) is 21.1. The molecule has 1 N–H and O–H groups in total. The molecule has 1 atom stereocenters. The Morgan fingerprint density at radius 1 is 0.969 bits per heavy atom. The lowest BCUT2D eigenvalue weighted by molar-refractivity contribution is -0.149. The van der Waals surface area contributed by atoms with Crippen LogP contribution in [0.5, 0.6) is 0 Å². The summed E-state index contributed by atoms with van der Waals surface area (Å²) in [7, 11) is 0. The summed E-state index contributed by atoms with van der Waals surface area (Å²) >= 11 is 0. The van der Waals surface area contributed by atoms with Gasteiger partial charge in [-0.25, -0.2) is 4.39 Å². The van der Waals surface area contributed by atoms with E-state index < -0.39 is 0 Å². The highest BCUT2D eigenvalue weighted by Gasteiger charge is 2.57. The van der Waals surface area contributed by atoms with E-state index >= 15 is 0 Å². The zero-order valence-electron chi connectivity index (χ0n) is 18.3. The van der Waals surface area contributed by atoms with Crippen LogP contribution in [0.15, 0.2) is 54.6 Å². The molecule has 2 amide bonds. The molecule has 5 rings (SSSR count). The summed E-state index contributed by atoms with van der Waals surface area (Å²) in [5.41, 5.74) is 1.87. The van der Waals surface area contributed by atoms with Crippen LogP contribution in [0.1, 0.15) is 24.0 Å². The third-order valence-electron chi connectivity index (χ3n) is 7.18. The predicted octanol–water partition coefficient (Wildman–Crippen LogP) is 2.86. The van der Waals surface area contributed by atoms with Gasteiger partial charge in [-0.3, -0.25) is 14.5 Å². The number of hydrogen-bond donors (Lipinski definition) is 1. The summed E-state index contributed by atoms with van der Waals surface area (Å²) in [6, 6.07) is 16.4. The van der Waals surface area contributed by atoms with Crippen LogP contribution >= 0.6 is 0 Å². The average molecular weight is 436 g/mol. The molecule has 1 unspecified atom stereocenters. The predicted molar refractivity (Wildman–Crippen MR) is 120 cm³/mol. The Hall–Kier alpha value is -2.73. The van der Waals surface area contributed by atoms with Gasteiger partial charge in [0.05, 0.1) is 12.3 Å². The number of carbonyl (C=O) groups is 2. The Kier molecular flexibility index (Phi) is 5.72. The van der Waals surface area contributed by atoms with Crippen molar-refractivity contribution in [2.45, 2.75) is 25.8 Å². The van der Waals surface area contributed by atoms with Crippen LogP contribution in [0.4, 0.5) is 4.39 Å². The number of halogens is 1. The highest BCUT2D eigenvalue weighted by atomic mass is 19.1. The maximum absolute atomic E-state index is 13.2.